The molecular weight excluding hydrogens is 401 g/mol. The molecule has 2 aromatic carbocycles. The topological polar surface area (TPSA) is 39.9 Å². The van der Waals surface area contributed by atoms with E-state index in [4.69, 9.17) is 26.4 Å². The lowest BCUT2D eigenvalue weighted by Crippen LogP contribution is -2.08. The summed E-state index contributed by atoms with van der Waals surface area (Å²) < 4.78 is 21.6. The van der Waals surface area contributed by atoms with Gasteiger partial charge in [-0.3, -0.25) is 4.98 Å². The van der Waals surface area contributed by atoms with Crippen LogP contribution >= 0.6 is 11.6 Å². The van der Waals surface area contributed by atoms with E-state index in [1.165, 1.54) is 17.7 Å². The number of pyridine rings is 1. The molecule has 4 nitrogen and oxygen atoms in total. The van der Waals surface area contributed by atoms with Crippen molar-refractivity contribution in [1.29, 1.82) is 0 Å². The number of nitrogens with zero attached hydrogens (tertiary/aromatic N) is 3. The summed E-state index contributed by atoms with van der Waals surface area (Å²) in [4.78, 5) is 4.72. The van der Waals surface area contributed by atoms with Gasteiger partial charge in [0.05, 0.1) is 11.1 Å². The SMILES string of the molecule is CC(Oc1c2cnc3c(c2nn1-c1ccc(Cl)cc1)CCCC3)c1ccc(F)cc1. The predicted molar refractivity (Wildman–Crippen MR) is 116 cm³/mol. The molecule has 1 unspecified atom stereocenters. The molecule has 0 fully saturated rings. The maximum atomic E-state index is 13.3. The van der Waals surface area contributed by atoms with Crippen LogP contribution in [0, 0.1) is 5.82 Å². The summed E-state index contributed by atoms with van der Waals surface area (Å²) in [5.41, 5.74) is 5.04. The summed E-state index contributed by atoms with van der Waals surface area (Å²) in [6.07, 6.45) is 5.85. The molecule has 2 heterocycles. The molecule has 0 amide bonds. The van der Waals surface area contributed by atoms with Gasteiger partial charge in [-0.25, -0.2) is 4.39 Å². The van der Waals surface area contributed by atoms with Crippen molar-refractivity contribution in [2.75, 3.05) is 0 Å². The molecule has 0 saturated heterocycles. The molecule has 0 spiro atoms. The van der Waals surface area contributed by atoms with Crippen molar-refractivity contribution in [2.24, 2.45) is 0 Å². The van der Waals surface area contributed by atoms with Gasteiger partial charge in [0.25, 0.3) is 0 Å². The molecule has 5 rings (SSSR count). The van der Waals surface area contributed by atoms with Gasteiger partial charge in [0.15, 0.2) is 0 Å². The smallest absolute Gasteiger partial charge is 0.227 e. The average Bonchev–Trinajstić information content (AvgIpc) is 3.13. The molecule has 0 aliphatic heterocycles. The van der Waals surface area contributed by atoms with Gasteiger partial charge in [-0.05, 0) is 74.6 Å². The number of hydrogen-bond donors (Lipinski definition) is 0. The summed E-state index contributed by atoms with van der Waals surface area (Å²) in [5.74, 6) is 0.364. The number of rotatable bonds is 4. The molecule has 152 valence electrons. The van der Waals surface area contributed by atoms with Gasteiger partial charge >= 0.3 is 0 Å². The molecule has 2 aromatic heterocycles. The summed E-state index contributed by atoms with van der Waals surface area (Å²) in [6, 6.07) is 13.9. The van der Waals surface area contributed by atoms with Crippen molar-refractivity contribution in [1.82, 2.24) is 14.8 Å². The van der Waals surface area contributed by atoms with Gasteiger partial charge in [-0.2, -0.15) is 9.78 Å². The second-order valence-electron chi connectivity index (χ2n) is 7.66. The number of aryl methyl sites for hydroxylation is 2. The number of hydrogen-bond acceptors (Lipinski definition) is 3. The van der Waals surface area contributed by atoms with Gasteiger partial charge in [0.1, 0.15) is 17.4 Å². The maximum Gasteiger partial charge on any atom is 0.227 e. The Morgan fingerprint density at radius 2 is 1.77 bits per heavy atom. The highest BCUT2D eigenvalue weighted by Gasteiger charge is 2.23. The Hall–Kier alpha value is -2.92. The average molecular weight is 422 g/mol. The molecule has 0 saturated carbocycles. The van der Waals surface area contributed by atoms with E-state index in [-0.39, 0.29) is 11.9 Å². The van der Waals surface area contributed by atoms with Crippen molar-refractivity contribution >= 4 is 22.5 Å². The highest BCUT2D eigenvalue weighted by Crippen LogP contribution is 2.36. The largest absolute Gasteiger partial charge is 0.469 e. The maximum absolute atomic E-state index is 13.3. The van der Waals surface area contributed by atoms with Gasteiger partial charge in [0, 0.05) is 22.5 Å². The normalized spacial score (nSPS) is 14.5. The van der Waals surface area contributed by atoms with E-state index in [9.17, 15) is 4.39 Å². The van der Waals surface area contributed by atoms with Crippen LogP contribution in [0.3, 0.4) is 0 Å². The lowest BCUT2D eigenvalue weighted by atomic mass is 9.95. The number of fused-ring (bicyclic) bond motifs is 3. The number of aromatic nitrogens is 3. The summed E-state index contributed by atoms with van der Waals surface area (Å²) in [5, 5.41) is 6.49. The molecule has 0 bridgehead atoms. The number of ether oxygens (including phenoxy) is 1. The van der Waals surface area contributed by atoms with Crippen molar-refractivity contribution in [2.45, 2.75) is 38.7 Å². The Bertz CT molecular complexity index is 1200. The molecule has 4 aromatic rings. The predicted octanol–water partition coefficient (Wildman–Crippen LogP) is 6.23. The van der Waals surface area contributed by atoms with E-state index in [1.54, 1.807) is 12.1 Å². The first-order valence-corrected chi connectivity index (χ1v) is 10.6. The zero-order chi connectivity index (χ0) is 20.7. The van der Waals surface area contributed by atoms with Gasteiger partial charge < -0.3 is 4.74 Å². The van der Waals surface area contributed by atoms with Crippen LogP contribution in [0.4, 0.5) is 4.39 Å². The Morgan fingerprint density at radius 3 is 2.53 bits per heavy atom. The van der Waals surface area contributed by atoms with Crippen molar-refractivity contribution in [3.8, 4) is 11.6 Å². The molecule has 1 aliphatic rings. The van der Waals surface area contributed by atoms with E-state index >= 15 is 0 Å². The van der Waals surface area contributed by atoms with Crippen LogP contribution in [0.5, 0.6) is 5.88 Å². The van der Waals surface area contributed by atoms with Crippen molar-refractivity contribution in [3.05, 3.63) is 82.4 Å². The van der Waals surface area contributed by atoms with Gasteiger partial charge in [-0.1, -0.05) is 23.7 Å². The van der Waals surface area contributed by atoms with E-state index in [2.05, 4.69) is 0 Å². The lowest BCUT2D eigenvalue weighted by molar-refractivity contribution is 0.213. The first kappa shape index (κ1) is 19.1. The summed E-state index contributed by atoms with van der Waals surface area (Å²) >= 11 is 6.09. The van der Waals surface area contributed by atoms with Crippen LogP contribution in [-0.4, -0.2) is 14.8 Å². The van der Waals surface area contributed by atoms with E-state index in [0.717, 1.165) is 53.5 Å². The van der Waals surface area contributed by atoms with Gasteiger partial charge in [0.2, 0.25) is 5.88 Å². The Balaban J connectivity index is 1.65. The second kappa shape index (κ2) is 7.73. The molecular formula is C24H21ClFN3O. The van der Waals surface area contributed by atoms with Crippen LogP contribution in [-0.2, 0) is 12.8 Å². The first-order valence-electron chi connectivity index (χ1n) is 10.2. The molecule has 0 N–H and O–H groups in total. The standard InChI is InChI=1S/C24H21ClFN3O/c1-15(16-6-10-18(26)11-7-16)30-24-21-14-27-22-5-3-2-4-20(22)23(21)28-29(24)19-12-8-17(25)9-13-19/h6-15H,2-5H2,1H3. The Labute approximate surface area is 179 Å². The van der Waals surface area contributed by atoms with E-state index in [1.807, 2.05) is 42.1 Å². The third kappa shape index (κ3) is 3.43. The fourth-order valence-corrected chi connectivity index (χ4v) is 4.15. The summed E-state index contributed by atoms with van der Waals surface area (Å²) in [7, 11) is 0. The van der Waals surface area contributed by atoms with Gasteiger partial charge in [-0.15, -0.1) is 0 Å². The van der Waals surface area contributed by atoms with Crippen LogP contribution < -0.4 is 4.74 Å². The fourth-order valence-electron chi connectivity index (χ4n) is 4.02. The minimum atomic E-state index is -0.285. The molecule has 6 heteroatoms. The highest BCUT2D eigenvalue weighted by molar-refractivity contribution is 6.30. The Kier molecular flexibility index (Phi) is 4.91. The quantitative estimate of drug-likeness (QED) is 0.392. The zero-order valence-corrected chi connectivity index (χ0v) is 17.4. The van der Waals surface area contributed by atoms with Crippen LogP contribution in [0.2, 0.25) is 5.02 Å². The molecule has 0 radical (unpaired) electrons. The first-order chi connectivity index (χ1) is 14.6. The summed E-state index contributed by atoms with van der Waals surface area (Å²) in [6.45, 7) is 1.95. The Morgan fingerprint density at radius 1 is 1.03 bits per heavy atom. The third-order valence-electron chi connectivity index (χ3n) is 5.65. The fraction of sp³-hybridized carbons (Fsp3) is 0.250. The highest BCUT2D eigenvalue weighted by atomic mass is 35.5. The number of benzene rings is 2. The molecule has 1 aliphatic carbocycles. The third-order valence-corrected chi connectivity index (χ3v) is 5.90. The van der Waals surface area contributed by atoms with E-state index in [0.29, 0.717) is 10.9 Å². The second-order valence-corrected chi connectivity index (χ2v) is 8.09. The van der Waals surface area contributed by atoms with Crippen molar-refractivity contribution < 1.29 is 9.13 Å². The van der Waals surface area contributed by atoms with Crippen molar-refractivity contribution in [3.63, 3.8) is 0 Å². The van der Waals surface area contributed by atoms with E-state index < -0.39 is 0 Å². The lowest BCUT2D eigenvalue weighted by Gasteiger charge is -2.17. The zero-order valence-electron chi connectivity index (χ0n) is 16.6. The molecule has 30 heavy (non-hydrogen) atoms. The minimum Gasteiger partial charge on any atom is -0.469 e. The van der Waals surface area contributed by atoms with Crippen LogP contribution in [0.15, 0.2) is 54.7 Å². The van der Waals surface area contributed by atoms with Crippen LogP contribution in [0.1, 0.15) is 42.7 Å². The van der Waals surface area contributed by atoms with Crippen LogP contribution in [0.25, 0.3) is 16.6 Å². The minimum absolute atomic E-state index is 0.265. The molecule has 1 atom stereocenters. The number of halogens is 2. The monoisotopic (exact) mass is 421 g/mol.